The van der Waals surface area contributed by atoms with Crippen molar-refractivity contribution in [1.29, 1.82) is 0 Å². The van der Waals surface area contributed by atoms with E-state index in [0.717, 1.165) is 19.4 Å². The first-order chi connectivity index (χ1) is 10.2. The predicted octanol–water partition coefficient (Wildman–Crippen LogP) is 2.90. The summed E-state index contributed by atoms with van der Waals surface area (Å²) in [6.45, 7) is 5.66. The first-order valence-electron chi connectivity index (χ1n) is 8.20. The maximum absolute atomic E-state index is 12.5. The van der Waals surface area contributed by atoms with E-state index < -0.39 is 0 Å². The Morgan fingerprint density at radius 2 is 2.00 bits per heavy atom. The van der Waals surface area contributed by atoms with Crippen LogP contribution in [0.5, 0.6) is 0 Å². The minimum Gasteiger partial charge on any atom is -0.340 e. The second-order valence-electron chi connectivity index (χ2n) is 6.16. The number of nitrogens with two attached hydrogens (primary N) is 1. The van der Waals surface area contributed by atoms with Crippen LogP contribution < -0.4 is 5.73 Å². The van der Waals surface area contributed by atoms with Crippen LogP contribution in [-0.4, -0.2) is 29.9 Å². The van der Waals surface area contributed by atoms with Crippen molar-refractivity contribution in [2.24, 2.45) is 11.7 Å². The molecule has 116 valence electrons. The second kappa shape index (κ2) is 7.60. The van der Waals surface area contributed by atoms with E-state index >= 15 is 0 Å². The van der Waals surface area contributed by atoms with Gasteiger partial charge in [-0.05, 0) is 51.1 Å². The molecule has 0 bridgehead atoms. The Morgan fingerprint density at radius 1 is 1.29 bits per heavy atom. The first-order valence-corrected chi connectivity index (χ1v) is 8.20. The molecule has 0 radical (unpaired) electrons. The molecule has 1 aromatic carbocycles. The average molecular weight is 288 g/mol. The number of hydrogen-bond donors (Lipinski definition) is 1. The lowest BCUT2D eigenvalue weighted by atomic mass is 10.0. The van der Waals surface area contributed by atoms with Crippen molar-refractivity contribution in [2.75, 3.05) is 13.1 Å². The summed E-state index contributed by atoms with van der Waals surface area (Å²) in [6.07, 6.45) is 4.92. The summed E-state index contributed by atoms with van der Waals surface area (Å²) in [6, 6.07) is 8.83. The van der Waals surface area contributed by atoms with Crippen LogP contribution in [0.3, 0.4) is 0 Å². The zero-order valence-electron chi connectivity index (χ0n) is 13.3. The SMILES string of the molecule is CCN(C(=O)CCc1ccc(C)cc1)C1CCCC1CN. The molecule has 2 rings (SSSR count). The van der Waals surface area contributed by atoms with Crippen LogP contribution in [0.15, 0.2) is 24.3 Å². The standard InChI is InChI=1S/C18H28N2O/c1-3-20(17-6-4-5-16(17)13-19)18(21)12-11-15-9-7-14(2)8-10-15/h7-10,16-17H,3-6,11-13,19H2,1-2H3. The summed E-state index contributed by atoms with van der Waals surface area (Å²) in [7, 11) is 0. The Morgan fingerprint density at radius 3 is 2.62 bits per heavy atom. The van der Waals surface area contributed by atoms with Gasteiger partial charge in [-0.1, -0.05) is 36.2 Å². The number of aryl methyl sites for hydroxylation is 2. The van der Waals surface area contributed by atoms with Gasteiger partial charge in [0.2, 0.25) is 5.91 Å². The van der Waals surface area contributed by atoms with Crippen LogP contribution >= 0.6 is 0 Å². The van der Waals surface area contributed by atoms with Gasteiger partial charge in [-0.3, -0.25) is 4.79 Å². The topological polar surface area (TPSA) is 46.3 Å². The van der Waals surface area contributed by atoms with Crippen LogP contribution in [0.1, 0.15) is 43.7 Å². The number of hydrogen-bond acceptors (Lipinski definition) is 2. The highest BCUT2D eigenvalue weighted by Crippen LogP contribution is 2.29. The summed E-state index contributed by atoms with van der Waals surface area (Å²) in [5.41, 5.74) is 8.36. The Balaban J connectivity index is 1.92. The zero-order chi connectivity index (χ0) is 15.2. The highest BCUT2D eigenvalue weighted by molar-refractivity contribution is 5.76. The van der Waals surface area contributed by atoms with Gasteiger partial charge >= 0.3 is 0 Å². The molecule has 0 heterocycles. The van der Waals surface area contributed by atoms with E-state index in [4.69, 9.17) is 5.73 Å². The number of rotatable bonds is 6. The van der Waals surface area contributed by atoms with E-state index in [2.05, 4.69) is 43.0 Å². The molecule has 21 heavy (non-hydrogen) atoms. The van der Waals surface area contributed by atoms with Gasteiger partial charge in [0.25, 0.3) is 0 Å². The van der Waals surface area contributed by atoms with Crippen molar-refractivity contribution in [1.82, 2.24) is 4.90 Å². The fourth-order valence-electron chi connectivity index (χ4n) is 3.45. The predicted molar refractivity (Wildman–Crippen MR) is 87.1 cm³/mol. The number of nitrogens with zero attached hydrogens (tertiary/aromatic N) is 1. The summed E-state index contributed by atoms with van der Waals surface area (Å²) in [4.78, 5) is 14.6. The van der Waals surface area contributed by atoms with Gasteiger partial charge < -0.3 is 10.6 Å². The van der Waals surface area contributed by atoms with E-state index in [1.807, 2.05) is 0 Å². The third-order valence-electron chi connectivity index (χ3n) is 4.73. The maximum atomic E-state index is 12.5. The van der Waals surface area contributed by atoms with E-state index in [-0.39, 0.29) is 5.91 Å². The lowest BCUT2D eigenvalue weighted by molar-refractivity contribution is -0.134. The quantitative estimate of drug-likeness (QED) is 0.875. The third-order valence-corrected chi connectivity index (χ3v) is 4.73. The molecule has 1 aliphatic rings. The smallest absolute Gasteiger partial charge is 0.223 e. The summed E-state index contributed by atoms with van der Waals surface area (Å²) in [5.74, 6) is 0.775. The van der Waals surface area contributed by atoms with Crippen molar-refractivity contribution >= 4 is 5.91 Å². The largest absolute Gasteiger partial charge is 0.340 e. The van der Waals surface area contributed by atoms with Gasteiger partial charge in [0, 0.05) is 19.0 Å². The molecule has 0 aromatic heterocycles. The van der Waals surface area contributed by atoms with E-state index in [9.17, 15) is 4.79 Å². The highest BCUT2D eigenvalue weighted by Gasteiger charge is 2.32. The number of amides is 1. The van der Waals surface area contributed by atoms with E-state index in [0.29, 0.717) is 24.9 Å². The van der Waals surface area contributed by atoms with Crippen LogP contribution in [-0.2, 0) is 11.2 Å². The van der Waals surface area contributed by atoms with Gasteiger partial charge in [-0.15, -0.1) is 0 Å². The molecule has 3 heteroatoms. The first kappa shape index (κ1) is 16.0. The number of carbonyl (C=O) groups is 1. The molecule has 0 spiro atoms. The molecule has 1 saturated carbocycles. The van der Waals surface area contributed by atoms with Gasteiger partial charge in [0.05, 0.1) is 0 Å². The Hall–Kier alpha value is -1.35. The van der Waals surface area contributed by atoms with Crippen molar-refractivity contribution in [3.8, 4) is 0 Å². The second-order valence-corrected chi connectivity index (χ2v) is 6.16. The van der Waals surface area contributed by atoms with Crippen LogP contribution in [0.4, 0.5) is 0 Å². The number of carbonyl (C=O) groups excluding carboxylic acids is 1. The third kappa shape index (κ3) is 4.07. The molecule has 1 fully saturated rings. The molecule has 1 amide bonds. The normalized spacial score (nSPS) is 21.5. The molecule has 2 N–H and O–H groups in total. The lowest BCUT2D eigenvalue weighted by Gasteiger charge is -2.32. The van der Waals surface area contributed by atoms with Crippen molar-refractivity contribution in [3.05, 3.63) is 35.4 Å². The molecule has 0 aliphatic heterocycles. The Bertz CT molecular complexity index is 455. The minimum absolute atomic E-state index is 0.281. The molecule has 2 unspecified atom stereocenters. The number of benzene rings is 1. The fraction of sp³-hybridized carbons (Fsp3) is 0.611. The van der Waals surface area contributed by atoms with Crippen molar-refractivity contribution in [2.45, 2.75) is 52.0 Å². The highest BCUT2D eigenvalue weighted by atomic mass is 16.2. The molecule has 3 nitrogen and oxygen atoms in total. The van der Waals surface area contributed by atoms with Crippen molar-refractivity contribution < 1.29 is 4.79 Å². The van der Waals surface area contributed by atoms with Crippen LogP contribution in [0.2, 0.25) is 0 Å². The fourth-order valence-corrected chi connectivity index (χ4v) is 3.45. The monoisotopic (exact) mass is 288 g/mol. The Kier molecular flexibility index (Phi) is 5.80. The van der Waals surface area contributed by atoms with Crippen LogP contribution in [0, 0.1) is 12.8 Å². The van der Waals surface area contributed by atoms with Gasteiger partial charge in [-0.2, -0.15) is 0 Å². The lowest BCUT2D eigenvalue weighted by Crippen LogP contribution is -2.44. The molecule has 1 aromatic rings. The molecule has 2 atom stereocenters. The average Bonchev–Trinajstić information content (AvgIpc) is 2.96. The summed E-state index contributed by atoms with van der Waals surface area (Å²) < 4.78 is 0. The van der Waals surface area contributed by atoms with Crippen LogP contribution in [0.25, 0.3) is 0 Å². The van der Waals surface area contributed by atoms with E-state index in [1.54, 1.807) is 0 Å². The molecular formula is C18H28N2O. The summed E-state index contributed by atoms with van der Waals surface area (Å²) in [5, 5.41) is 0. The minimum atomic E-state index is 0.281. The van der Waals surface area contributed by atoms with Gasteiger partial charge in [-0.25, -0.2) is 0 Å². The van der Waals surface area contributed by atoms with E-state index in [1.165, 1.54) is 24.0 Å². The summed E-state index contributed by atoms with van der Waals surface area (Å²) >= 11 is 0. The van der Waals surface area contributed by atoms with Gasteiger partial charge in [0.15, 0.2) is 0 Å². The molecule has 1 aliphatic carbocycles. The van der Waals surface area contributed by atoms with Gasteiger partial charge in [0.1, 0.15) is 0 Å². The molecular weight excluding hydrogens is 260 g/mol. The van der Waals surface area contributed by atoms with Crippen molar-refractivity contribution in [3.63, 3.8) is 0 Å². The maximum Gasteiger partial charge on any atom is 0.223 e. The zero-order valence-corrected chi connectivity index (χ0v) is 13.3. The Labute approximate surface area is 128 Å². The molecule has 0 saturated heterocycles.